The topological polar surface area (TPSA) is 74.7 Å². The summed E-state index contributed by atoms with van der Waals surface area (Å²) < 4.78 is 26.3. The average molecular weight is 375 g/mol. The number of aromatic nitrogens is 1. The lowest BCUT2D eigenvalue weighted by atomic mass is 10.0. The number of nitrogens with one attached hydrogen (secondary N) is 1. The van der Waals surface area contributed by atoms with E-state index < -0.39 is 10.0 Å². The molecule has 1 N–H and O–H groups in total. The maximum atomic E-state index is 12.5. The van der Waals surface area contributed by atoms with E-state index in [2.05, 4.69) is 41.5 Å². The standard InChI is InChI=1S/C19H26N4O2S/c1-6-23(7-2)26(24,25)18-10-11-19(20-13-18)22-21-16(5)17-9-8-14(3)15(4)12-17/h8-13H,6-7H2,1-5H3,(H,20,22)/b21-16+. The number of pyridine rings is 1. The van der Waals surface area contributed by atoms with Crippen molar-refractivity contribution in [1.29, 1.82) is 0 Å². The van der Waals surface area contributed by atoms with Gasteiger partial charge in [-0.05, 0) is 55.7 Å². The zero-order valence-electron chi connectivity index (χ0n) is 15.9. The Hall–Kier alpha value is -2.25. The van der Waals surface area contributed by atoms with Crippen molar-refractivity contribution in [2.75, 3.05) is 18.5 Å². The maximum absolute atomic E-state index is 12.5. The molecule has 0 unspecified atom stereocenters. The van der Waals surface area contributed by atoms with Gasteiger partial charge in [0.1, 0.15) is 10.7 Å². The summed E-state index contributed by atoms with van der Waals surface area (Å²) in [6.07, 6.45) is 1.36. The van der Waals surface area contributed by atoms with Gasteiger partial charge in [0.2, 0.25) is 10.0 Å². The predicted molar refractivity (Wildman–Crippen MR) is 106 cm³/mol. The molecular formula is C19H26N4O2S. The molecule has 0 aliphatic rings. The first-order chi connectivity index (χ1) is 12.3. The summed E-state index contributed by atoms with van der Waals surface area (Å²) in [7, 11) is -3.49. The van der Waals surface area contributed by atoms with Gasteiger partial charge in [-0.25, -0.2) is 13.4 Å². The van der Waals surface area contributed by atoms with Crippen LogP contribution in [0.3, 0.4) is 0 Å². The number of anilines is 1. The third-order valence-corrected chi connectivity index (χ3v) is 6.38. The second kappa shape index (κ2) is 8.42. The molecule has 1 aromatic heterocycles. The Kier molecular flexibility index (Phi) is 6.50. The Morgan fingerprint density at radius 1 is 1.12 bits per heavy atom. The van der Waals surface area contributed by atoms with Gasteiger partial charge in [0.25, 0.3) is 0 Å². The minimum absolute atomic E-state index is 0.182. The molecule has 2 aromatic rings. The molecule has 7 heteroatoms. The zero-order valence-corrected chi connectivity index (χ0v) is 16.8. The van der Waals surface area contributed by atoms with Gasteiger partial charge >= 0.3 is 0 Å². The van der Waals surface area contributed by atoms with Crippen LogP contribution in [0.5, 0.6) is 0 Å². The predicted octanol–water partition coefficient (Wildman–Crippen LogP) is 3.57. The summed E-state index contributed by atoms with van der Waals surface area (Å²) in [4.78, 5) is 4.35. The highest BCUT2D eigenvalue weighted by atomic mass is 32.2. The van der Waals surface area contributed by atoms with E-state index in [1.54, 1.807) is 12.1 Å². The highest BCUT2D eigenvalue weighted by Gasteiger charge is 2.21. The van der Waals surface area contributed by atoms with Crippen molar-refractivity contribution in [2.24, 2.45) is 5.10 Å². The smallest absolute Gasteiger partial charge is 0.244 e. The number of hydrazone groups is 1. The molecule has 0 aliphatic heterocycles. The maximum Gasteiger partial charge on any atom is 0.244 e. The molecule has 0 saturated heterocycles. The molecular weight excluding hydrogens is 348 g/mol. The Morgan fingerprint density at radius 3 is 2.35 bits per heavy atom. The molecule has 6 nitrogen and oxygen atoms in total. The van der Waals surface area contributed by atoms with E-state index in [4.69, 9.17) is 0 Å². The number of rotatable bonds is 7. The highest BCUT2D eigenvalue weighted by molar-refractivity contribution is 7.89. The van der Waals surface area contributed by atoms with Crippen LogP contribution in [0.4, 0.5) is 5.82 Å². The molecule has 0 bridgehead atoms. The van der Waals surface area contributed by atoms with Crippen molar-refractivity contribution in [2.45, 2.75) is 39.5 Å². The summed E-state index contributed by atoms with van der Waals surface area (Å²) in [6.45, 7) is 10.5. The number of hydrogen-bond donors (Lipinski definition) is 1. The molecule has 0 amide bonds. The van der Waals surface area contributed by atoms with Crippen LogP contribution < -0.4 is 5.43 Å². The summed E-state index contributed by atoms with van der Waals surface area (Å²) in [5.41, 5.74) is 7.19. The number of nitrogens with zero attached hydrogens (tertiary/aromatic N) is 3. The first kappa shape index (κ1) is 20.1. The fraction of sp³-hybridized carbons (Fsp3) is 0.368. The van der Waals surface area contributed by atoms with E-state index in [0.29, 0.717) is 18.9 Å². The van der Waals surface area contributed by atoms with E-state index in [-0.39, 0.29) is 4.90 Å². The van der Waals surface area contributed by atoms with Gasteiger partial charge in [-0.15, -0.1) is 0 Å². The summed E-state index contributed by atoms with van der Waals surface area (Å²) in [6, 6.07) is 9.34. The fourth-order valence-electron chi connectivity index (χ4n) is 2.48. The minimum atomic E-state index is -3.49. The summed E-state index contributed by atoms with van der Waals surface area (Å²) in [5.74, 6) is 0.492. The van der Waals surface area contributed by atoms with Gasteiger partial charge in [-0.3, -0.25) is 5.43 Å². The number of aryl methyl sites for hydroxylation is 2. The normalized spacial score (nSPS) is 12.5. The van der Waals surface area contributed by atoms with Crippen LogP contribution in [0.25, 0.3) is 0 Å². The molecule has 0 fully saturated rings. The van der Waals surface area contributed by atoms with Crippen LogP contribution in [-0.2, 0) is 10.0 Å². The lowest BCUT2D eigenvalue weighted by Gasteiger charge is -2.18. The molecule has 0 aliphatic carbocycles. The second-order valence-electron chi connectivity index (χ2n) is 6.08. The Labute approximate surface area is 156 Å². The third-order valence-electron chi connectivity index (χ3n) is 4.34. The van der Waals surface area contributed by atoms with Gasteiger partial charge in [-0.1, -0.05) is 26.0 Å². The quantitative estimate of drug-likeness (QED) is 0.594. The molecule has 0 atom stereocenters. The number of benzene rings is 1. The van der Waals surface area contributed by atoms with Crippen LogP contribution in [0.15, 0.2) is 46.5 Å². The van der Waals surface area contributed by atoms with Crippen molar-refractivity contribution >= 4 is 21.6 Å². The Balaban J connectivity index is 2.15. The molecule has 1 aromatic carbocycles. The molecule has 2 rings (SSSR count). The fourth-order valence-corrected chi connectivity index (χ4v) is 3.89. The van der Waals surface area contributed by atoms with E-state index >= 15 is 0 Å². The van der Waals surface area contributed by atoms with Gasteiger partial charge in [-0.2, -0.15) is 9.41 Å². The molecule has 140 valence electrons. The SMILES string of the molecule is CCN(CC)S(=O)(=O)c1ccc(N/N=C(\C)c2ccc(C)c(C)c2)nc1. The Bertz CT molecular complexity index is 886. The summed E-state index contributed by atoms with van der Waals surface area (Å²) in [5, 5.41) is 4.34. The van der Waals surface area contributed by atoms with Crippen molar-refractivity contribution in [3.63, 3.8) is 0 Å². The first-order valence-corrected chi connectivity index (χ1v) is 10.1. The minimum Gasteiger partial charge on any atom is -0.261 e. The van der Waals surface area contributed by atoms with Gasteiger partial charge in [0.05, 0.1) is 5.71 Å². The van der Waals surface area contributed by atoms with Crippen molar-refractivity contribution in [3.8, 4) is 0 Å². The van der Waals surface area contributed by atoms with Crippen LogP contribution in [0, 0.1) is 13.8 Å². The van der Waals surface area contributed by atoms with E-state index in [1.165, 1.54) is 21.6 Å². The van der Waals surface area contributed by atoms with E-state index in [9.17, 15) is 8.42 Å². The van der Waals surface area contributed by atoms with Crippen LogP contribution >= 0.6 is 0 Å². The van der Waals surface area contributed by atoms with Crippen LogP contribution in [0.1, 0.15) is 37.5 Å². The summed E-state index contributed by atoms with van der Waals surface area (Å²) >= 11 is 0. The molecule has 1 heterocycles. The second-order valence-corrected chi connectivity index (χ2v) is 8.01. The van der Waals surface area contributed by atoms with Gasteiger partial charge in [0, 0.05) is 19.3 Å². The molecule has 0 radical (unpaired) electrons. The first-order valence-electron chi connectivity index (χ1n) is 8.63. The monoisotopic (exact) mass is 374 g/mol. The molecule has 0 spiro atoms. The Morgan fingerprint density at radius 2 is 1.81 bits per heavy atom. The van der Waals surface area contributed by atoms with Crippen molar-refractivity contribution < 1.29 is 8.42 Å². The lowest BCUT2D eigenvalue weighted by molar-refractivity contribution is 0.445. The highest BCUT2D eigenvalue weighted by Crippen LogP contribution is 2.16. The molecule has 26 heavy (non-hydrogen) atoms. The van der Waals surface area contributed by atoms with Crippen molar-refractivity contribution in [1.82, 2.24) is 9.29 Å². The van der Waals surface area contributed by atoms with Gasteiger partial charge in [0.15, 0.2) is 0 Å². The number of sulfonamides is 1. The number of hydrogen-bond acceptors (Lipinski definition) is 5. The third kappa shape index (κ3) is 4.47. The average Bonchev–Trinajstić information content (AvgIpc) is 2.63. The van der Waals surface area contributed by atoms with Crippen molar-refractivity contribution in [3.05, 3.63) is 53.2 Å². The molecule has 0 saturated carbocycles. The van der Waals surface area contributed by atoms with Crippen LogP contribution in [-0.4, -0.2) is 36.5 Å². The van der Waals surface area contributed by atoms with Gasteiger partial charge < -0.3 is 0 Å². The zero-order chi connectivity index (χ0) is 19.3. The van der Waals surface area contributed by atoms with Crippen LogP contribution in [0.2, 0.25) is 0 Å². The van der Waals surface area contributed by atoms with E-state index in [0.717, 1.165) is 11.3 Å². The lowest BCUT2D eigenvalue weighted by Crippen LogP contribution is -2.30. The largest absolute Gasteiger partial charge is 0.261 e. The van der Waals surface area contributed by atoms with E-state index in [1.807, 2.05) is 26.8 Å².